The fraction of sp³-hybridized carbons (Fsp3) is 0.105. The summed E-state index contributed by atoms with van der Waals surface area (Å²) in [4.78, 5) is 21.8. The Kier molecular flexibility index (Phi) is 5.05. The summed E-state index contributed by atoms with van der Waals surface area (Å²) in [5.41, 5.74) is 2.24. The molecule has 0 atom stereocenters. The molecule has 0 aliphatic heterocycles. The van der Waals surface area contributed by atoms with Gasteiger partial charge in [-0.05, 0) is 36.8 Å². The summed E-state index contributed by atoms with van der Waals surface area (Å²) < 4.78 is 2.16. The van der Waals surface area contributed by atoms with Gasteiger partial charge in [0, 0.05) is 10.0 Å². The van der Waals surface area contributed by atoms with E-state index in [1.165, 1.54) is 4.73 Å². The van der Waals surface area contributed by atoms with Crippen LogP contribution in [0.2, 0.25) is 0 Å². The predicted octanol–water partition coefficient (Wildman–Crippen LogP) is 3.82. The van der Waals surface area contributed by atoms with Crippen LogP contribution < -0.4 is 4.84 Å². The van der Waals surface area contributed by atoms with Crippen LogP contribution in [0.15, 0.2) is 53.0 Å². The first-order valence-electron chi connectivity index (χ1n) is 7.70. The van der Waals surface area contributed by atoms with Crippen molar-refractivity contribution in [3.05, 3.63) is 75.5 Å². The number of rotatable bonds is 5. The first-order chi connectivity index (χ1) is 12.5. The molecule has 0 radical (unpaired) electrons. The van der Waals surface area contributed by atoms with Crippen molar-refractivity contribution in [2.45, 2.75) is 13.5 Å². The minimum absolute atomic E-state index is 0.0422. The average molecular weight is 412 g/mol. The van der Waals surface area contributed by atoms with Gasteiger partial charge in [0.2, 0.25) is 0 Å². The highest BCUT2D eigenvalue weighted by atomic mass is 79.9. The number of halogens is 1. The molecule has 130 valence electrons. The van der Waals surface area contributed by atoms with E-state index in [4.69, 9.17) is 10.1 Å². The molecule has 0 aliphatic carbocycles. The second kappa shape index (κ2) is 7.42. The van der Waals surface area contributed by atoms with Gasteiger partial charge in [0.05, 0.1) is 17.3 Å². The Morgan fingerprint density at radius 1 is 1.31 bits per heavy atom. The first kappa shape index (κ1) is 17.7. The van der Waals surface area contributed by atoms with Gasteiger partial charge in [-0.25, -0.2) is 9.78 Å². The lowest BCUT2D eigenvalue weighted by Gasteiger charge is -2.12. The summed E-state index contributed by atoms with van der Waals surface area (Å²) in [5.74, 6) is -0.789. The summed E-state index contributed by atoms with van der Waals surface area (Å²) in [6.45, 7) is 1.79. The molecule has 0 spiro atoms. The average Bonchev–Trinajstić information content (AvgIpc) is 2.98. The molecule has 0 aliphatic rings. The molecule has 1 heterocycles. The highest BCUT2D eigenvalue weighted by Gasteiger charge is 2.22. The van der Waals surface area contributed by atoms with Crippen LogP contribution in [-0.2, 0) is 6.61 Å². The van der Waals surface area contributed by atoms with Crippen LogP contribution in [0.25, 0.3) is 11.4 Å². The fourth-order valence-corrected chi connectivity index (χ4v) is 2.77. The zero-order chi connectivity index (χ0) is 18.7. The topological polar surface area (TPSA) is 88.1 Å². The number of imidazole rings is 1. The first-order valence-corrected chi connectivity index (χ1v) is 8.50. The van der Waals surface area contributed by atoms with Gasteiger partial charge in [-0.3, -0.25) is 0 Å². The van der Waals surface area contributed by atoms with Crippen LogP contribution in [0.3, 0.4) is 0 Å². The quantitative estimate of drug-likeness (QED) is 0.689. The Morgan fingerprint density at radius 3 is 2.69 bits per heavy atom. The molecule has 0 amide bonds. The largest absolute Gasteiger partial charge is 0.476 e. The van der Waals surface area contributed by atoms with Crippen molar-refractivity contribution in [2.75, 3.05) is 0 Å². The van der Waals surface area contributed by atoms with E-state index >= 15 is 0 Å². The molecule has 0 saturated carbocycles. The van der Waals surface area contributed by atoms with Gasteiger partial charge >= 0.3 is 5.97 Å². The molecule has 6 nitrogen and oxygen atoms in total. The molecule has 0 bridgehead atoms. The van der Waals surface area contributed by atoms with Gasteiger partial charge in [-0.15, -0.1) is 0 Å². The maximum atomic E-state index is 11.7. The lowest BCUT2D eigenvalue weighted by Crippen LogP contribution is -2.19. The number of nitriles is 1. The third-order valence-corrected chi connectivity index (χ3v) is 4.27. The van der Waals surface area contributed by atoms with Crippen LogP contribution in [0, 0.1) is 18.3 Å². The molecule has 0 fully saturated rings. The van der Waals surface area contributed by atoms with Gasteiger partial charge < -0.3 is 9.94 Å². The normalized spacial score (nSPS) is 10.3. The van der Waals surface area contributed by atoms with Crippen LogP contribution in [-0.4, -0.2) is 20.8 Å². The Labute approximate surface area is 158 Å². The standard InChI is InChI=1S/C19H14BrN3O3/c1-12-17(19(24)25)23(26-11-13-5-7-16(20)8-6-13)18(22-12)15-4-2-3-14(9-15)10-21/h2-9H,11H2,1H3,(H,24,25). The van der Waals surface area contributed by atoms with Crippen molar-refractivity contribution in [1.82, 2.24) is 9.71 Å². The minimum Gasteiger partial charge on any atom is -0.476 e. The number of hydrogen-bond acceptors (Lipinski definition) is 4. The molecular formula is C19H14BrN3O3. The zero-order valence-corrected chi connectivity index (χ0v) is 15.4. The van der Waals surface area contributed by atoms with E-state index in [1.807, 2.05) is 24.3 Å². The Morgan fingerprint density at radius 2 is 2.04 bits per heavy atom. The van der Waals surface area contributed by atoms with Crippen molar-refractivity contribution in [3.63, 3.8) is 0 Å². The number of nitrogens with zero attached hydrogens (tertiary/aromatic N) is 3. The van der Waals surface area contributed by atoms with Gasteiger partial charge in [-0.1, -0.05) is 40.2 Å². The predicted molar refractivity (Wildman–Crippen MR) is 98.5 cm³/mol. The summed E-state index contributed by atoms with van der Waals surface area (Å²) in [7, 11) is 0. The molecule has 3 rings (SSSR count). The van der Waals surface area contributed by atoms with E-state index in [2.05, 4.69) is 27.0 Å². The van der Waals surface area contributed by atoms with E-state index in [0.717, 1.165) is 10.0 Å². The van der Waals surface area contributed by atoms with Crippen molar-refractivity contribution >= 4 is 21.9 Å². The van der Waals surface area contributed by atoms with Crippen LogP contribution in [0.4, 0.5) is 0 Å². The number of aromatic nitrogens is 2. The number of carboxylic acids is 1. The van der Waals surface area contributed by atoms with Crippen LogP contribution in [0.1, 0.15) is 27.3 Å². The molecule has 1 aromatic heterocycles. The van der Waals surface area contributed by atoms with Gasteiger partial charge in [0.15, 0.2) is 11.5 Å². The molecule has 3 aromatic rings. The van der Waals surface area contributed by atoms with E-state index in [0.29, 0.717) is 22.6 Å². The van der Waals surface area contributed by atoms with E-state index in [1.54, 1.807) is 31.2 Å². The highest BCUT2D eigenvalue weighted by molar-refractivity contribution is 9.10. The number of aryl methyl sites for hydroxylation is 1. The van der Waals surface area contributed by atoms with Crippen molar-refractivity contribution in [2.24, 2.45) is 0 Å². The number of carboxylic acid groups (broad SMARTS) is 1. The smallest absolute Gasteiger partial charge is 0.357 e. The molecule has 7 heteroatoms. The summed E-state index contributed by atoms with van der Waals surface area (Å²) >= 11 is 3.37. The second-order valence-electron chi connectivity index (χ2n) is 5.56. The zero-order valence-electron chi connectivity index (χ0n) is 13.8. The summed E-state index contributed by atoms with van der Waals surface area (Å²) in [6.07, 6.45) is 0. The van der Waals surface area contributed by atoms with Crippen LogP contribution in [0.5, 0.6) is 0 Å². The van der Waals surface area contributed by atoms with Gasteiger partial charge in [0.1, 0.15) is 6.61 Å². The summed E-state index contributed by atoms with van der Waals surface area (Å²) in [5, 5.41) is 18.6. The highest BCUT2D eigenvalue weighted by Crippen LogP contribution is 2.23. The fourth-order valence-electron chi connectivity index (χ4n) is 2.51. The molecule has 0 unspecified atom stereocenters. The second-order valence-corrected chi connectivity index (χ2v) is 6.48. The van der Waals surface area contributed by atoms with Gasteiger partial charge in [0.25, 0.3) is 0 Å². The number of carbonyl (C=O) groups is 1. The third-order valence-electron chi connectivity index (χ3n) is 3.74. The van der Waals surface area contributed by atoms with Crippen molar-refractivity contribution in [3.8, 4) is 17.5 Å². The van der Waals surface area contributed by atoms with E-state index < -0.39 is 5.97 Å². The number of benzene rings is 2. The summed E-state index contributed by atoms with van der Waals surface area (Å²) in [6, 6.07) is 16.4. The van der Waals surface area contributed by atoms with E-state index in [9.17, 15) is 9.90 Å². The molecule has 1 N–H and O–H groups in total. The van der Waals surface area contributed by atoms with Crippen LogP contribution >= 0.6 is 15.9 Å². The third kappa shape index (κ3) is 3.60. The SMILES string of the molecule is Cc1nc(-c2cccc(C#N)c2)n(OCc2ccc(Br)cc2)c1C(=O)O. The maximum absolute atomic E-state index is 11.7. The molecular weight excluding hydrogens is 398 g/mol. The Hall–Kier alpha value is -3.11. The lowest BCUT2D eigenvalue weighted by molar-refractivity contribution is 0.0574. The molecule has 26 heavy (non-hydrogen) atoms. The van der Waals surface area contributed by atoms with Crippen molar-refractivity contribution in [1.29, 1.82) is 5.26 Å². The molecule has 2 aromatic carbocycles. The minimum atomic E-state index is -1.13. The monoisotopic (exact) mass is 411 g/mol. The maximum Gasteiger partial charge on any atom is 0.357 e. The number of aromatic carboxylic acids is 1. The lowest BCUT2D eigenvalue weighted by atomic mass is 10.1. The van der Waals surface area contributed by atoms with Crippen molar-refractivity contribution < 1.29 is 14.7 Å². The Balaban J connectivity index is 2.02. The number of hydrogen-bond donors (Lipinski definition) is 1. The Bertz CT molecular complexity index is 1000. The van der Waals surface area contributed by atoms with Gasteiger partial charge in [-0.2, -0.15) is 9.99 Å². The van der Waals surface area contributed by atoms with E-state index in [-0.39, 0.29) is 12.3 Å². The molecule has 0 saturated heterocycles.